The number of hydrogen-bond donors (Lipinski definition) is 0. The molecule has 3 aliphatic carbocycles. The van der Waals surface area contributed by atoms with Crippen LogP contribution < -0.4 is 9.80 Å². The van der Waals surface area contributed by atoms with Gasteiger partial charge in [0, 0.05) is 59.5 Å². The van der Waals surface area contributed by atoms with Gasteiger partial charge in [0.2, 0.25) is 11.9 Å². The first-order valence-corrected chi connectivity index (χ1v) is 17.6. The first kappa shape index (κ1) is 31.2. The Morgan fingerprint density at radius 2 is 1.27 bits per heavy atom. The van der Waals surface area contributed by atoms with Crippen molar-refractivity contribution in [1.29, 1.82) is 0 Å². The zero-order chi connectivity index (χ0) is 31.5. The molecule has 0 radical (unpaired) electrons. The topological polar surface area (TPSA) is 58.0 Å². The highest BCUT2D eigenvalue weighted by molar-refractivity contribution is 5.68. The van der Waals surface area contributed by atoms with E-state index in [0.29, 0.717) is 12.0 Å². The Morgan fingerprint density at radius 1 is 0.644 bits per heavy atom. The fourth-order valence-electron chi connectivity index (χ4n) is 7.20. The lowest BCUT2D eigenvalue weighted by Crippen LogP contribution is -2.46. The second-order valence-electron chi connectivity index (χ2n) is 12.5. The number of anilines is 2. The average Bonchev–Trinajstić information content (AvgIpc) is 3.37. The van der Waals surface area contributed by atoms with Gasteiger partial charge in [-0.2, -0.15) is 0 Å². The molecule has 2 aromatic carbocycles. The van der Waals surface area contributed by atoms with Crippen molar-refractivity contribution in [2.75, 3.05) is 29.4 Å². The SMILES string of the molecule is CC.CC.CC1C2Cc3c(-c4ccccc4)nc(N4CCC4)nc3C12.C[C@H]1CCN1c1nc2c(c(-c3ccccc3)n1)CCC2. The van der Waals surface area contributed by atoms with E-state index < -0.39 is 0 Å². The minimum atomic E-state index is 0.582. The maximum Gasteiger partial charge on any atom is 0.226 e. The Balaban J connectivity index is 0.000000143. The van der Waals surface area contributed by atoms with E-state index in [1.54, 1.807) is 0 Å². The van der Waals surface area contributed by atoms with E-state index in [2.05, 4.69) is 84.3 Å². The third kappa shape index (κ3) is 5.96. The molecule has 9 rings (SSSR count). The van der Waals surface area contributed by atoms with Crippen LogP contribution in [0.3, 0.4) is 0 Å². The van der Waals surface area contributed by atoms with E-state index in [0.717, 1.165) is 61.9 Å². The molecule has 0 amide bonds. The van der Waals surface area contributed by atoms with Gasteiger partial charge in [0.1, 0.15) is 0 Å². The van der Waals surface area contributed by atoms with E-state index in [-0.39, 0.29) is 0 Å². The molecule has 2 aromatic heterocycles. The quantitative estimate of drug-likeness (QED) is 0.233. The Kier molecular flexibility index (Phi) is 9.48. The summed E-state index contributed by atoms with van der Waals surface area (Å²) >= 11 is 0. The summed E-state index contributed by atoms with van der Waals surface area (Å²) in [4.78, 5) is 24.2. The van der Waals surface area contributed by atoms with Gasteiger partial charge in [-0.05, 0) is 57.3 Å². The smallest absolute Gasteiger partial charge is 0.226 e. The van der Waals surface area contributed by atoms with Crippen molar-refractivity contribution in [1.82, 2.24) is 19.9 Å². The zero-order valence-corrected chi connectivity index (χ0v) is 28.1. The van der Waals surface area contributed by atoms with Crippen LogP contribution in [0.5, 0.6) is 0 Å². The summed E-state index contributed by atoms with van der Waals surface area (Å²) in [5.74, 6) is 4.23. The normalized spacial score (nSPS) is 22.9. The number of aryl methyl sites for hydroxylation is 1. The van der Waals surface area contributed by atoms with Crippen LogP contribution >= 0.6 is 0 Å². The van der Waals surface area contributed by atoms with Gasteiger partial charge in [-0.25, -0.2) is 19.9 Å². The van der Waals surface area contributed by atoms with Gasteiger partial charge in [-0.15, -0.1) is 0 Å². The minimum Gasteiger partial charge on any atom is -0.341 e. The second kappa shape index (κ2) is 13.7. The Morgan fingerprint density at radius 3 is 1.82 bits per heavy atom. The van der Waals surface area contributed by atoms with E-state index in [9.17, 15) is 0 Å². The third-order valence-electron chi connectivity index (χ3n) is 10.1. The molecule has 6 heteroatoms. The van der Waals surface area contributed by atoms with Crippen molar-refractivity contribution in [2.24, 2.45) is 11.8 Å². The first-order valence-electron chi connectivity index (χ1n) is 17.6. The molecule has 2 aliphatic heterocycles. The molecule has 0 bridgehead atoms. The van der Waals surface area contributed by atoms with Gasteiger partial charge >= 0.3 is 0 Å². The van der Waals surface area contributed by atoms with E-state index in [1.165, 1.54) is 65.0 Å². The van der Waals surface area contributed by atoms with Crippen LogP contribution in [0.1, 0.15) is 89.2 Å². The van der Waals surface area contributed by atoms with Crippen molar-refractivity contribution in [3.63, 3.8) is 0 Å². The van der Waals surface area contributed by atoms with Crippen LogP contribution in [0.4, 0.5) is 11.9 Å². The second-order valence-corrected chi connectivity index (χ2v) is 12.5. The molecule has 4 aromatic rings. The average molecular weight is 603 g/mol. The molecule has 0 N–H and O–H groups in total. The van der Waals surface area contributed by atoms with Gasteiger partial charge < -0.3 is 9.80 Å². The van der Waals surface area contributed by atoms with Gasteiger partial charge in [0.05, 0.1) is 17.1 Å². The fourth-order valence-corrected chi connectivity index (χ4v) is 7.20. The van der Waals surface area contributed by atoms with Crippen molar-refractivity contribution < 1.29 is 0 Å². The van der Waals surface area contributed by atoms with Crippen LogP contribution in [0.15, 0.2) is 60.7 Å². The predicted molar refractivity (Wildman–Crippen MR) is 187 cm³/mol. The van der Waals surface area contributed by atoms with Crippen molar-refractivity contribution in [3.8, 4) is 22.5 Å². The monoisotopic (exact) mass is 602 g/mol. The van der Waals surface area contributed by atoms with E-state index >= 15 is 0 Å². The lowest BCUT2D eigenvalue weighted by molar-refractivity contribution is 0.470. The number of aromatic nitrogens is 4. The van der Waals surface area contributed by atoms with Crippen molar-refractivity contribution in [3.05, 3.63) is 83.2 Å². The Labute approximate surface area is 270 Å². The van der Waals surface area contributed by atoms with Crippen molar-refractivity contribution >= 4 is 11.9 Å². The summed E-state index contributed by atoms with van der Waals surface area (Å²) in [6.45, 7) is 15.9. The first-order chi connectivity index (χ1) is 22.2. The molecule has 1 saturated carbocycles. The lowest BCUT2D eigenvalue weighted by Gasteiger charge is -2.39. The summed E-state index contributed by atoms with van der Waals surface area (Å²) < 4.78 is 0. The highest BCUT2D eigenvalue weighted by Crippen LogP contribution is 2.61. The van der Waals surface area contributed by atoms with Gasteiger partial charge in [-0.1, -0.05) is 95.3 Å². The maximum atomic E-state index is 4.95. The van der Waals surface area contributed by atoms with Crippen LogP contribution in [-0.2, 0) is 19.3 Å². The molecule has 5 aliphatic rings. The van der Waals surface area contributed by atoms with Gasteiger partial charge in [0.15, 0.2) is 0 Å². The molecule has 45 heavy (non-hydrogen) atoms. The van der Waals surface area contributed by atoms with E-state index in [4.69, 9.17) is 19.9 Å². The predicted octanol–water partition coefficient (Wildman–Crippen LogP) is 8.54. The van der Waals surface area contributed by atoms with Crippen LogP contribution in [-0.4, -0.2) is 45.6 Å². The van der Waals surface area contributed by atoms with Crippen molar-refractivity contribution in [2.45, 2.75) is 92.0 Å². The fraction of sp³-hybridized carbons (Fsp3) is 0.487. The number of benzene rings is 2. The highest BCUT2D eigenvalue weighted by Gasteiger charge is 2.55. The van der Waals surface area contributed by atoms with Gasteiger partial charge in [-0.3, -0.25) is 0 Å². The maximum absolute atomic E-state index is 4.95. The summed E-state index contributed by atoms with van der Waals surface area (Å²) in [7, 11) is 0. The molecule has 236 valence electrons. The van der Waals surface area contributed by atoms with Crippen LogP contribution in [0, 0.1) is 11.8 Å². The molecule has 3 unspecified atom stereocenters. The van der Waals surface area contributed by atoms with Crippen LogP contribution in [0.2, 0.25) is 0 Å². The summed E-state index contributed by atoms with van der Waals surface area (Å²) in [5, 5.41) is 0. The molecule has 6 nitrogen and oxygen atoms in total. The molecule has 4 heterocycles. The summed E-state index contributed by atoms with van der Waals surface area (Å²) in [6.07, 6.45) is 7.13. The number of nitrogens with zero attached hydrogens (tertiary/aromatic N) is 6. The molecule has 0 spiro atoms. The molecule has 2 saturated heterocycles. The standard InChI is InChI=1S/C18H19N3.C17H19N3.2C2H6/c1-11-13-10-14-16(12-6-3-2-4-7-12)19-18(21-8-5-9-21)20-17(14)15(11)13;1-12-10-11-20(12)17-18-15-9-5-8-14(15)16(19-17)13-6-3-2-4-7-13;2*1-2/h2-4,6-7,11,13,15H,5,8-10H2,1H3;2-4,6-7,12H,5,8-11H2,1H3;2*1-2H3/t;12-;;/m.0../s1. The largest absolute Gasteiger partial charge is 0.341 e. The van der Waals surface area contributed by atoms with Crippen LogP contribution in [0.25, 0.3) is 22.5 Å². The minimum absolute atomic E-state index is 0.582. The Bertz CT molecular complexity index is 1580. The number of rotatable bonds is 4. The highest BCUT2D eigenvalue weighted by atomic mass is 15.3. The summed E-state index contributed by atoms with van der Waals surface area (Å²) in [5.41, 5.74) is 10.2. The third-order valence-corrected chi connectivity index (χ3v) is 10.1. The van der Waals surface area contributed by atoms with Gasteiger partial charge in [0.25, 0.3) is 0 Å². The zero-order valence-electron chi connectivity index (χ0n) is 28.1. The molecule has 4 atom stereocenters. The summed E-state index contributed by atoms with van der Waals surface area (Å²) in [6, 6.07) is 21.8. The lowest BCUT2D eigenvalue weighted by atomic mass is 10.0. The van der Waals surface area contributed by atoms with E-state index in [1.807, 2.05) is 27.7 Å². The number of hydrogen-bond acceptors (Lipinski definition) is 6. The number of fused-ring (bicyclic) bond motifs is 4. The molecular formula is C39H50N6. The molecular weight excluding hydrogens is 552 g/mol. The Hall–Kier alpha value is -3.80. The molecule has 3 fully saturated rings.